The van der Waals surface area contributed by atoms with Gasteiger partial charge in [-0.25, -0.2) is 4.79 Å². The number of hydrogen-bond acceptors (Lipinski definition) is 2. The summed E-state index contributed by atoms with van der Waals surface area (Å²) in [7, 11) is 0. The van der Waals surface area contributed by atoms with E-state index in [4.69, 9.17) is 4.74 Å². The molecule has 2 bridgehead atoms. The van der Waals surface area contributed by atoms with E-state index in [9.17, 15) is 4.79 Å². The minimum Gasteiger partial charge on any atom is -0.445 e. The molecule has 2 aliphatic rings. The van der Waals surface area contributed by atoms with Gasteiger partial charge in [-0.15, -0.1) is 6.58 Å². The lowest BCUT2D eigenvalue weighted by atomic mass is 9.84. The molecular weight excluding hydrogens is 298 g/mol. The van der Waals surface area contributed by atoms with Crippen LogP contribution in [0.1, 0.15) is 50.5 Å². The van der Waals surface area contributed by atoms with Crippen molar-refractivity contribution in [2.75, 3.05) is 0 Å². The average Bonchev–Trinajstić information content (AvgIpc) is 2.60. The van der Waals surface area contributed by atoms with Crippen molar-refractivity contribution in [3.63, 3.8) is 0 Å². The molecule has 0 aliphatic carbocycles. The van der Waals surface area contributed by atoms with E-state index in [-0.39, 0.29) is 12.1 Å². The predicted octanol–water partition coefficient (Wildman–Crippen LogP) is 5.23. The second-order valence-corrected chi connectivity index (χ2v) is 6.81. The summed E-state index contributed by atoms with van der Waals surface area (Å²) in [4.78, 5) is 14.6. The largest absolute Gasteiger partial charge is 0.445 e. The Morgan fingerprint density at radius 1 is 1.29 bits per heavy atom. The standard InChI is InChI=1S/C21H27NO2/c1-2-3-5-11-18-14-19-12-8-13-20(15-18)22(19)21(23)24-16-17-9-6-4-7-10-17/h2,4,6-7,9-10,14,19-20H,1,3,5,8,11-13,15-16H2. The molecule has 0 spiro atoms. The molecule has 1 amide bonds. The maximum atomic E-state index is 12.6. The number of piperidine rings is 1. The van der Waals surface area contributed by atoms with Gasteiger partial charge in [-0.3, -0.25) is 4.90 Å². The number of fused-ring (bicyclic) bond motifs is 2. The number of hydrogen-bond donors (Lipinski definition) is 0. The fraction of sp³-hybridized carbons (Fsp3) is 0.476. The fourth-order valence-corrected chi connectivity index (χ4v) is 3.86. The maximum absolute atomic E-state index is 12.6. The molecule has 128 valence electrons. The minimum atomic E-state index is -0.157. The van der Waals surface area contributed by atoms with Gasteiger partial charge in [-0.05, 0) is 50.5 Å². The first-order chi connectivity index (χ1) is 11.8. The summed E-state index contributed by atoms with van der Waals surface area (Å²) < 4.78 is 5.58. The summed E-state index contributed by atoms with van der Waals surface area (Å²) in [6.07, 6.45) is 11.9. The van der Waals surface area contributed by atoms with Crippen LogP contribution in [0.2, 0.25) is 0 Å². The minimum absolute atomic E-state index is 0.157. The first-order valence-corrected chi connectivity index (χ1v) is 9.07. The van der Waals surface area contributed by atoms with Crippen LogP contribution in [0.4, 0.5) is 4.79 Å². The molecular formula is C21H27NO2. The molecule has 1 aromatic rings. The van der Waals surface area contributed by atoms with Crippen LogP contribution in [0.25, 0.3) is 0 Å². The Hall–Kier alpha value is -2.03. The van der Waals surface area contributed by atoms with Crippen LogP contribution in [0.3, 0.4) is 0 Å². The van der Waals surface area contributed by atoms with Gasteiger partial charge >= 0.3 is 6.09 Å². The molecule has 2 atom stereocenters. The molecule has 0 radical (unpaired) electrons. The molecule has 2 heterocycles. The third-order valence-corrected chi connectivity index (χ3v) is 5.04. The lowest BCUT2D eigenvalue weighted by molar-refractivity contribution is 0.0479. The van der Waals surface area contributed by atoms with Crippen molar-refractivity contribution < 1.29 is 9.53 Å². The SMILES string of the molecule is C=CCCCC1=CC2CCCC(C1)N2C(=O)OCc1ccccc1. The summed E-state index contributed by atoms with van der Waals surface area (Å²) in [6, 6.07) is 10.4. The van der Waals surface area contributed by atoms with Crippen molar-refractivity contribution in [1.29, 1.82) is 0 Å². The van der Waals surface area contributed by atoms with Crippen LogP contribution in [-0.2, 0) is 11.3 Å². The van der Waals surface area contributed by atoms with E-state index in [0.29, 0.717) is 12.6 Å². The second kappa shape index (κ2) is 8.18. The van der Waals surface area contributed by atoms with Gasteiger partial charge in [0.15, 0.2) is 0 Å². The van der Waals surface area contributed by atoms with Crippen molar-refractivity contribution in [2.24, 2.45) is 0 Å². The molecule has 1 saturated heterocycles. The molecule has 0 saturated carbocycles. The van der Waals surface area contributed by atoms with Crippen molar-refractivity contribution in [2.45, 2.75) is 63.6 Å². The molecule has 1 aromatic carbocycles. The molecule has 3 heteroatoms. The van der Waals surface area contributed by atoms with Gasteiger partial charge in [-0.2, -0.15) is 0 Å². The van der Waals surface area contributed by atoms with E-state index >= 15 is 0 Å². The normalized spacial score (nSPS) is 22.7. The maximum Gasteiger partial charge on any atom is 0.410 e. The first-order valence-electron chi connectivity index (χ1n) is 9.07. The Morgan fingerprint density at radius 2 is 2.12 bits per heavy atom. The van der Waals surface area contributed by atoms with E-state index in [2.05, 4.69) is 12.7 Å². The van der Waals surface area contributed by atoms with Crippen molar-refractivity contribution in [3.05, 3.63) is 60.2 Å². The molecule has 3 nitrogen and oxygen atoms in total. The number of benzene rings is 1. The lowest BCUT2D eigenvalue weighted by Gasteiger charge is -2.44. The Balaban J connectivity index is 1.60. The third-order valence-electron chi connectivity index (χ3n) is 5.04. The van der Waals surface area contributed by atoms with E-state index in [1.165, 1.54) is 12.0 Å². The summed E-state index contributed by atoms with van der Waals surface area (Å²) >= 11 is 0. The van der Waals surface area contributed by atoms with Gasteiger partial charge in [-0.1, -0.05) is 48.1 Å². The zero-order chi connectivity index (χ0) is 16.8. The molecule has 0 aromatic heterocycles. The van der Waals surface area contributed by atoms with Gasteiger partial charge in [0, 0.05) is 6.04 Å². The molecule has 24 heavy (non-hydrogen) atoms. The summed E-state index contributed by atoms with van der Waals surface area (Å²) in [5.74, 6) is 0. The van der Waals surface area contributed by atoms with Gasteiger partial charge < -0.3 is 4.74 Å². The number of ether oxygens (including phenoxy) is 1. The van der Waals surface area contributed by atoms with Gasteiger partial charge in [0.1, 0.15) is 6.61 Å². The molecule has 2 aliphatic heterocycles. The number of carbonyl (C=O) groups excluding carboxylic acids is 1. The summed E-state index contributed by atoms with van der Waals surface area (Å²) in [6.45, 7) is 4.15. The van der Waals surface area contributed by atoms with E-state index in [1.807, 2.05) is 41.3 Å². The number of nitrogens with zero attached hydrogens (tertiary/aromatic N) is 1. The highest BCUT2D eigenvalue weighted by Crippen LogP contribution is 2.35. The predicted molar refractivity (Wildman–Crippen MR) is 96.6 cm³/mol. The second-order valence-electron chi connectivity index (χ2n) is 6.81. The number of unbranched alkanes of at least 4 members (excludes halogenated alkanes) is 1. The summed E-state index contributed by atoms with van der Waals surface area (Å²) in [5, 5.41) is 0. The fourth-order valence-electron chi connectivity index (χ4n) is 3.86. The van der Waals surface area contributed by atoms with Gasteiger partial charge in [0.05, 0.1) is 6.04 Å². The monoisotopic (exact) mass is 325 g/mol. The number of amides is 1. The van der Waals surface area contributed by atoms with Gasteiger partial charge in [0.25, 0.3) is 0 Å². The van der Waals surface area contributed by atoms with Crippen LogP contribution in [-0.4, -0.2) is 23.1 Å². The molecule has 0 N–H and O–H groups in total. The van der Waals surface area contributed by atoms with Crippen LogP contribution in [0, 0.1) is 0 Å². The van der Waals surface area contributed by atoms with E-state index < -0.39 is 0 Å². The molecule has 2 unspecified atom stereocenters. The quantitative estimate of drug-likeness (QED) is 0.529. The van der Waals surface area contributed by atoms with Gasteiger partial charge in [0.2, 0.25) is 0 Å². The molecule has 3 rings (SSSR count). The Bertz CT molecular complexity index is 593. The molecule has 1 fully saturated rings. The first kappa shape index (κ1) is 16.8. The highest BCUT2D eigenvalue weighted by Gasteiger charge is 2.37. The highest BCUT2D eigenvalue weighted by molar-refractivity contribution is 5.69. The van der Waals surface area contributed by atoms with E-state index in [1.54, 1.807) is 0 Å². The van der Waals surface area contributed by atoms with Crippen LogP contribution in [0.15, 0.2) is 54.6 Å². The summed E-state index contributed by atoms with van der Waals surface area (Å²) in [5.41, 5.74) is 2.55. The Kier molecular flexibility index (Phi) is 5.73. The third kappa shape index (κ3) is 4.08. The Labute approximate surface area is 145 Å². The number of allylic oxidation sites excluding steroid dienone is 1. The van der Waals surface area contributed by atoms with Crippen LogP contribution in [0.5, 0.6) is 0 Å². The van der Waals surface area contributed by atoms with E-state index in [0.717, 1.165) is 44.1 Å². The number of carbonyl (C=O) groups is 1. The highest BCUT2D eigenvalue weighted by atomic mass is 16.6. The zero-order valence-electron chi connectivity index (χ0n) is 14.3. The number of rotatable bonds is 6. The Morgan fingerprint density at radius 3 is 2.88 bits per heavy atom. The zero-order valence-corrected chi connectivity index (χ0v) is 14.3. The topological polar surface area (TPSA) is 29.5 Å². The van der Waals surface area contributed by atoms with Crippen molar-refractivity contribution in [1.82, 2.24) is 4.90 Å². The average molecular weight is 325 g/mol. The van der Waals surface area contributed by atoms with Crippen LogP contribution < -0.4 is 0 Å². The smallest absolute Gasteiger partial charge is 0.410 e. The lowest BCUT2D eigenvalue weighted by Crippen LogP contribution is -2.51. The van der Waals surface area contributed by atoms with Crippen molar-refractivity contribution >= 4 is 6.09 Å². The van der Waals surface area contributed by atoms with Crippen molar-refractivity contribution in [3.8, 4) is 0 Å². The van der Waals surface area contributed by atoms with Crippen LogP contribution >= 0.6 is 0 Å².